The number of ether oxygens (including phenoxy) is 1. The third-order valence-corrected chi connectivity index (χ3v) is 5.36. The second-order valence-electron chi connectivity index (χ2n) is 6.70. The summed E-state index contributed by atoms with van der Waals surface area (Å²) in [6, 6.07) is 11.4. The molecule has 1 aliphatic heterocycles. The van der Waals surface area contributed by atoms with Gasteiger partial charge in [0.2, 0.25) is 11.8 Å². The van der Waals surface area contributed by atoms with Crippen LogP contribution in [0, 0.1) is 5.92 Å². The largest absolute Gasteiger partial charge is 0.439 e. The van der Waals surface area contributed by atoms with Gasteiger partial charge in [0.25, 0.3) is 10.1 Å². The molecule has 1 saturated heterocycles. The Hall–Kier alpha value is -2.45. The highest BCUT2D eigenvalue weighted by Gasteiger charge is 2.32. The Balaban J connectivity index is 1.58. The summed E-state index contributed by atoms with van der Waals surface area (Å²) in [5.74, 6) is 0.265. The second-order valence-corrected chi connectivity index (χ2v) is 8.19. The Labute approximate surface area is 158 Å². The van der Waals surface area contributed by atoms with Crippen molar-refractivity contribution in [1.29, 1.82) is 0 Å². The van der Waals surface area contributed by atoms with Crippen LogP contribution >= 0.6 is 0 Å². The maximum absolute atomic E-state index is 12.0. The first kappa shape index (κ1) is 19.3. The van der Waals surface area contributed by atoms with E-state index in [1.807, 2.05) is 30.3 Å². The van der Waals surface area contributed by atoms with Crippen LogP contribution in [0.4, 0.5) is 0 Å². The van der Waals surface area contributed by atoms with Crippen molar-refractivity contribution in [3.8, 4) is 11.6 Å². The van der Waals surface area contributed by atoms with E-state index in [9.17, 15) is 13.2 Å². The van der Waals surface area contributed by atoms with E-state index >= 15 is 0 Å². The van der Waals surface area contributed by atoms with Gasteiger partial charge in [0.1, 0.15) is 5.75 Å². The Morgan fingerprint density at radius 1 is 1.19 bits per heavy atom. The van der Waals surface area contributed by atoms with E-state index < -0.39 is 15.9 Å². The zero-order valence-electron chi connectivity index (χ0n) is 15.0. The molecule has 144 valence electrons. The van der Waals surface area contributed by atoms with Crippen molar-refractivity contribution in [2.24, 2.45) is 5.92 Å². The maximum atomic E-state index is 12.0. The van der Waals surface area contributed by atoms with Crippen LogP contribution in [0.3, 0.4) is 0 Å². The van der Waals surface area contributed by atoms with Crippen molar-refractivity contribution >= 4 is 16.0 Å². The lowest BCUT2D eigenvalue weighted by molar-refractivity contribution is -0.128. The highest BCUT2D eigenvalue weighted by molar-refractivity contribution is 7.85. The molecule has 0 saturated carbocycles. The molecule has 1 aromatic carbocycles. The summed E-state index contributed by atoms with van der Waals surface area (Å²) in [7, 11) is -4.07. The van der Waals surface area contributed by atoms with Gasteiger partial charge >= 0.3 is 0 Å². The van der Waals surface area contributed by atoms with E-state index in [2.05, 4.69) is 11.9 Å². The lowest BCUT2D eigenvalue weighted by atomic mass is 10.1. The molecule has 0 bridgehead atoms. The smallest absolute Gasteiger partial charge is 0.265 e. The molecule has 0 unspecified atom stereocenters. The average molecular weight is 390 g/mol. The van der Waals surface area contributed by atoms with E-state index in [0.717, 1.165) is 12.0 Å². The molecule has 8 heteroatoms. The van der Waals surface area contributed by atoms with Gasteiger partial charge in [-0.2, -0.15) is 8.42 Å². The monoisotopic (exact) mass is 390 g/mol. The minimum Gasteiger partial charge on any atom is -0.439 e. The van der Waals surface area contributed by atoms with Gasteiger partial charge in [0, 0.05) is 37.7 Å². The number of benzene rings is 1. The van der Waals surface area contributed by atoms with Crippen LogP contribution in [0.2, 0.25) is 0 Å². The van der Waals surface area contributed by atoms with Crippen molar-refractivity contribution in [3.63, 3.8) is 0 Å². The highest BCUT2D eigenvalue weighted by atomic mass is 32.2. The van der Waals surface area contributed by atoms with Gasteiger partial charge in [-0.05, 0) is 29.7 Å². The Morgan fingerprint density at radius 2 is 1.89 bits per heavy atom. The number of carbonyl (C=O) groups is 1. The molecule has 1 aromatic heterocycles. The van der Waals surface area contributed by atoms with Crippen molar-refractivity contribution in [3.05, 3.63) is 53.7 Å². The normalized spacial score (nSPS) is 17.3. The molecule has 7 nitrogen and oxygen atoms in total. The molecular weight excluding hydrogens is 368 g/mol. The van der Waals surface area contributed by atoms with Gasteiger partial charge in [-0.3, -0.25) is 9.35 Å². The predicted octanol–water partition coefficient (Wildman–Crippen LogP) is 2.67. The highest BCUT2D eigenvalue weighted by Crippen LogP contribution is 2.23. The predicted molar refractivity (Wildman–Crippen MR) is 100 cm³/mol. The molecule has 1 fully saturated rings. The van der Waals surface area contributed by atoms with Crippen LogP contribution < -0.4 is 4.74 Å². The first-order valence-corrected chi connectivity index (χ1v) is 10.4. The molecule has 1 atom stereocenters. The molecule has 1 aliphatic rings. The molecule has 27 heavy (non-hydrogen) atoms. The van der Waals surface area contributed by atoms with Crippen LogP contribution in [0.1, 0.15) is 24.5 Å². The third kappa shape index (κ3) is 5.51. The summed E-state index contributed by atoms with van der Waals surface area (Å²) in [5.41, 5.74) is 2.05. The number of amides is 1. The fourth-order valence-corrected chi connectivity index (χ4v) is 3.93. The van der Waals surface area contributed by atoms with Crippen LogP contribution in [-0.2, 0) is 27.9 Å². The first-order valence-electron chi connectivity index (χ1n) is 8.77. The molecule has 0 radical (unpaired) electrons. The van der Waals surface area contributed by atoms with Gasteiger partial charge in [-0.25, -0.2) is 4.98 Å². The number of likely N-dealkylation sites (tertiary alicyclic amines) is 1. The first-order chi connectivity index (χ1) is 12.8. The lowest BCUT2D eigenvalue weighted by Crippen LogP contribution is -2.25. The fourth-order valence-electron chi connectivity index (χ4n) is 3.12. The molecule has 3 rings (SSSR count). The SMILES string of the molecule is CCc1ccc(Oc2ccc(CN3C[C@@H](CS(=O)(=O)O)CC3=O)cn2)cc1. The van der Waals surface area contributed by atoms with Crippen LogP contribution in [0.25, 0.3) is 0 Å². The van der Waals surface area contributed by atoms with E-state index in [1.54, 1.807) is 17.2 Å². The molecule has 2 heterocycles. The molecule has 0 aliphatic carbocycles. The molecular formula is C19H22N2O5S. The lowest BCUT2D eigenvalue weighted by Gasteiger charge is -2.16. The average Bonchev–Trinajstić information content (AvgIpc) is 2.94. The number of pyridine rings is 1. The van der Waals surface area contributed by atoms with Gasteiger partial charge in [0.15, 0.2) is 0 Å². The Bertz CT molecular complexity index is 895. The topological polar surface area (TPSA) is 96.8 Å². The number of aryl methyl sites for hydroxylation is 1. The molecule has 1 amide bonds. The summed E-state index contributed by atoms with van der Waals surface area (Å²) in [6.45, 7) is 2.74. The van der Waals surface area contributed by atoms with E-state index in [0.29, 0.717) is 24.7 Å². The van der Waals surface area contributed by atoms with Gasteiger partial charge in [-0.15, -0.1) is 0 Å². The summed E-state index contributed by atoms with van der Waals surface area (Å²) in [5, 5.41) is 0. The zero-order chi connectivity index (χ0) is 19.4. The maximum Gasteiger partial charge on any atom is 0.265 e. The number of carbonyl (C=O) groups excluding carboxylic acids is 1. The van der Waals surface area contributed by atoms with E-state index in [1.165, 1.54) is 5.56 Å². The summed E-state index contributed by atoms with van der Waals surface area (Å²) in [4.78, 5) is 17.9. The van der Waals surface area contributed by atoms with Crippen LogP contribution in [0.15, 0.2) is 42.6 Å². The van der Waals surface area contributed by atoms with Crippen molar-refractivity contribution in [1.82, 2.24) is 9.88 Å². The van der Waals surface area contributed by atoms with Crippen molar-refractivity contribution in [2.45, 2.75) is 26.3 Å². The Kier molecular flexibility index (Phi) is 5.76. The molecule has 1 N–H and O–H groups in total. The minimum absolute atomic E-state index is 0.125. The number of rotatable bonds is 7. The second kappa shape index (κ2) is 8.06. The van der Waals surface area contributed by atoms with Crippen LogP contribution in [0.5, 0.6) is 11.6 Å². The molecule has 2 aromatic rings. The number of nitrogens with zero attached hydrogens (tertiary/aromatic N) is 2. The van der Waals surface area contributed by atoms with Gasteiger partial charge < -0.3 is 9.64 Å². The summed E-state index contributed by atoms with van der Waals surface area (Å²) < 4.78 is 36.6. The quantitative estimate of drug-likeness (QED) is 0.730. The summed E-state index contributed by atoms with van der Waals surface area (Å²) in [6.07, 6.45) is 2.73. The number of hydrogen-bond donors (Lipinski definition) is 1. The van der Waals surface area contributed by atoms with Crippen molar-refractivity contribution in [2.75, 3.05) is 12.3 Å². The zero-order valence-corrected chi connectivity index (χ0v) is 15.9. The van der Waals surface area contributed by atoms with Crippen LogP contribution in [-0.4, -0.2) is 41.1 Å². The third-order valence-electron chi connectivity index (χ3n) is 4.47. The Morgan fingerprint density at radius 3 is 2.48 bits per heavy atom. The summed E-state index contributed by atoms with van der Waals surface area (Å²) >= 11 is 0. The number of hydrogen-bond acceptors (Lipinski definition) is 5. The minimum atomic E-state index is -4.07. The van der Waals surface area contributed by atoms with E-state index in [-0.39, 0.29) is 18.2 Å². The van der Waals surface area contributed by atoms with Gasteiger partial charge in [0.05, 0.1) is 5.75 Å². The standard InChI is InChI=1S/C19H22N2O5S/c1-2-14-3-6-17(7-4-14)26-18-8-5-15(10-20-18)11-21-12-16(9-19(21)22)13-27(23,24)25/h3-8,10,16H,2,9,11-13H2,1H3,(H,23,24,25)/t16-/m0/s1. The van der Waals surface area contributed by atoms with E-state index in [4.69, 9.17) is 9.29 Å². The molecule has 0 spiro atoms. The fraction of sp³-hybridized carbons (Fsp3) is 0.368. The number of aromatic nitrogens is 1. The van der Waals surface area contributed by atoms with Gasteiger partial charge in [-0.1, -0.05) is 25.1 Å². The van der Waals surface area contributed by atoms with Crippen molar-refractivity contribution < 1.29 is 22.5 Å².